The highest BCUT2D eigenvalue weighted by atomic mass is 32.2. The van der Waals surface area contributed by atoms with Crippen LogP contribution in [-0.2, 0) is 21.4 Å². The number of carbonyl (C=O) groups excluding carboxylic acids is 1. The summed E-state index contributed by atoms with van der Waals surface area (Å²) in [6.07, 6.45) is 1.42. The highest BCUT2D eigenvalue weighted by Gasteiger charge is 2.33. The molecule has 0 aliphatic carbocycles. The third kappa shape index (κ3) is 5.29. The first kappa shape index (κ1) is 22.5. The van der Waals surface area contributed by atoms with Crippen LogP contribution in [0.4, 0.5) is 5.69 Å². The lowest BCUT2D eigenvalue weighted by Crippen LogP contribution is -2.49. The van der Waals surface area contributed by atoms with Crippen molar-refractivity contribution in [3.8, 4) is 11.4 Å². The Morgan fingerprint density at radius 3 is 2.45 bits per heavy atom. The predicted molar refractivity (Wildman–Crippen MR) is 119 cm³/mol. The van der Waals surface area contributed by atoms with Gasteiger partial charge in [-0.1, -0.05) is 54.5 Å². The second kappa shape index (κ2) is 9.30. The summed E-state index contributed by atoms with van der Waals surface area (Å²) >= 11 is 0. The number of sulfonamides is 1. The molecular weight excluding hydrogens is 416 g/mol. The fourth-order valence-electron chi connectivity index (χ4n) is 3.37. The number of benzene rings is 2. The number of nitrogens with zero attached hydrogens (tertiary/aromatic N) is 4. The number of amides is 1. The lowest BCUT2D eigenvalue weighted by molar-refractivity contribution is -0.132. The maximum absolute atomic E-state index is 13.2. The van der Waals surface area contributed by atoms with Crippen molar-refractivity contribution < 1.29 is 17.7 Å². The Hall–Kier alpha value is -3.20. The Kier molecular flexibility index (Phi) is 6.74. The molecule has 31 heavy (non-hydrogen) atoms. The first-order valence-corrected chi connectivity index (χ1v) is 11.7. The zero-order valence-corrected chi connectivity index (χ0v) is 18.8. The molecule has 8 nitrogen and oxygen atoms in total. The van der Waals surface area contributed by atoms with Crippen molar-refractivity contribution in [2.24, 2.45) is 0 Å². The van der Waals surface area contributed by atoms with E-state index < -0.39 is 16.1 Å². The molecule has 1 amide bonds. The van der Waals surface area contributed by atoms with Crippen LogP contribution in [0.3, 0.4) is 0 Å². The number of hydrogen-bond donors (Lipinski definition) is 0. The van der Waals surface area contributed by atoms with Gasteiger partial charge in [-0.05, 0) is 31.0 Å². The van der Waals surface area contributed by atoms with Crippen molar-refractivity contribution >= 4 is 21.6 Å². The number of anilines is 1. The lowest BCUT2D eigenvalue weighted by Gasteiger charge is -2.32. The number of rotatable bonds is 8. The fourth-order valence-corrected chi connectivity index (χ4v) is 4.57. The minimum atomic E-state index is -3.69. The lowest BCUT2D eigenvalue weighted by atomic mass is 10.1. The summed E-state index contributed by atoms with van der Waals surface area (Å²) in [6.45, 7) is 3.73. The fraction of sp³-hybridized carbons (Fsp3) is 0.318. The highest BCUT2D eigenvalue weighted by molar-refractivity contribution is 7.92. The quantitative estimate of drug-likeness (QED) is 0.531. The van der Waals surface area contributed by atoms with Gasteiger partial charge in [0.1, 0.15) is 6.04 Å². The van der Waals surface area contributed by atoms with Crippen LogP contribution in [0.2, 0.25) is 0 Å². The van der Waals surface area contributed by atoms with Crippen molar-refractivity contribution in [1.29, 1.82) is 0 Å². The monoisotopic (exact) mass is 442 g/mol. The summed E-state index contributed by atoms with van der Waals surface area (Å²) < 4.78 is 31.7. The van der Waals surface area contributed by atoms with E-state index in [-0.39, 0.29) is 18.3 Å². The van der Waals surface area contributed by atoms with Crippen LogP contribution in [0.15, 0.2) is 59.1 Å². The molecule has 0 unspecified atom stereocenters. The molecule has 0 aliphatic rings. The van der Waals surface area contributed by atoms with Crippen LogP contribution in [0, 0.1) is 6.92 Å². The molecule has 1 atom stereocenters. The van der Waals surface area contributed by atoms with E-state index in [9.17, 15) is 13.2 Å². The second-order valence-electron chi connectivity index (χ2n) is 7.39. The van der Waals surface area contributed by atoms with Gasteiger partial charge in [0, 0.05) is 12.6 Å². The van der Waals surface area contributed by atoms with E-state index in [1.54, 1.807) is 32.2 Å². The van der Waals surface area contributed by atoms with E-state index in [1.807, 2.05) is 43.3 Å². The van der Waals surface area contributed by atoms with Crippen molar-refractivity contribution in [3.63, 3.8) is 0 Å². The Labute approximate surface area is 182 Å². The molecule has 164 valence electrons. The minimum absolute atomic E-state index is 0.0700. The Balaban J connectivity index is 1.82. The molecular formula is C22H26N4O4S. The SMILES string of the molecule is CC[C@H](C(=O)N(C)Cc1nc(-c2ccccc2)no1)N(c1cccc(C)c1)S(C)(=O)=O. The molecule has 0 radical (unpaired) electrons. The summed E-state index contributed by atoms with van der Waals surface area (Å²) in [5.41, 5.74) is 2.17. The van der Waals surface area contributed by atoms with Gasteiger partial charge in [0.15, 0.2) is 0 Å². The van der Waals surface area contributed by atoms with Gasteiger partial charge >= 0.3 is 0 Å². The molecule has 0 saturated carbocycles. The number of likely N-dealkylation sites (N-methyl/N-ethyl adjacent to an activating group) is 1. The predicted octanol–water partition coefficient (Wildman–Crippen LogP) is 3.25. The maximum atomic E-state index is 13.2. The van der Waals surface area contributed by atoms with Crippen molar-refractivity contribution in [2.75, 3.05) is 17.6 Å². The topological polar surface area (TPSA) is 96.6 Å². The molecule has 2 aromatic carbocycles. The molecule has 0 bridgehead atoms. The number of carbonyl (C=O) groups is 1. The molecule has 0 saturated heterocycles. The Morgan fingerprint density at radius 1 is 1.13 bits per heavy atom. The molecule has 0 aliphatic heterocycles. The number of aryl methyl sites for hydroxylation is 1. The second-order valence-corrected chi connectivity index (χ2v) is 9.25. The summed E-state index contributed by atoms with van der Waals surface area (Å²) in [4.78, 5) is 19.0. The summed E-state index contributed by atoms with van der Waals surface area (Å²) in [5, 5.41) is 3.97. The average Bonchev–Trinajstić information content (AvgIpc) is 3.19. The van der Waals surface area contributed by atoms with Crippen molar-refractivity contribution in [1.82, 2.24) is 15.0 Å². The van der Waals surface area contributed by atoms with Gasteiger partial charge in [-0.25, -0.2) is 8.42 Å². The molecule has 9 heteroatoms. The van der Waals surface area contributed by atoms with Gasteiger partial charge in [0.05, 0.1) is 18.5 Å². The van der Waals surface area contributed by atoms with Crippen LogP contribution in [-0.4, -0.2) is 48.7 Å². The van der Waals surface area contributed by atoms with Gasteiger partial charge < -0.3 is 9.42 Å². The van der Waals surface area contributed by atoms with Crippen molar-refractivity contribution in [3.05, 3.63) is 66.1 Å². The first-order valence-electron chi connectivity index (χ1n) is 9.89. The third-order valence-electron chi connectivity index (χ3n) is 4.82. The minimum Gasteiger partial charge on any atom is -0.337 e. The van der Waals surface area contributed by atoms with Gasteiger partial charge in [-0.3, -0.25) is 9.10 Å². The van der Waals surface area contributed by atoms with Crippen molar-refractivity contribution in [2.45, 2.75) is 32.9 Å². The van der Waals surface area contributed by atoms with Crippen LogP contribution >= 0.6 is 0 Å². The van der Waals surface area contributed by atoms with Gasteiger partial charge in [0.2, 0.25) is 27.6 Å². The molecule has 0 spiro atoms. The smallest absolute Gasteiger partial charge is 0.246 e. The van der Waals surface area contributed by atoms with E-state index in [0.29, 0.717) is 17.9 Å². The van der Waals surface area contributed by atoms with E-state index in [0.717, 1.165) is 17.4 Å². The third-order valence-corrected chi connectivity index (χ3v) is 6.00. The van der Waals surface area contributed by atoms with Gasteiger partial charge in [0.25, 0.3) is 0 Å². The molecule has 0 fully saturated rings. The largest absolute Gasteiger partial charge is 0.337 e. The maximum Gasteiger partial charge on any atom is 0.246 e. The molecule has 1 heterocycles. The van der Waals surface area contributed by atoms with Crippen LogP contribution < -0.4 is 4.31 Å². The molecule has 3 aromatic rings. The standard InChI is InChI=1S/C22H26N4O4S/c1-5-19(26(31(4,28)29)18-13-9-10-16(2)14-18)22(27)25(3)15-20-23-21(24-30-20)17-11-7-6-8-12-17/h6-14,19H,5,15H2,1-4H3/t19-/m1/s1. The van der Waals surface area contributed by atoms with E-state index >= 15 is 0 Å². The Morgan fingerprint density at radius 2 is 1.84 bits per heavy atom. The van der Waals surface area contributed by atoms with E-state index in [1.165, 1.54) is 9.21 Å². The van der Waals surface area contributed by atoms with E-state index in [4.69, 9.17) is 4.52 Å². The zero-order chi connectivity index (χ0) is 22.6. The Bertz CT molecular complexity index is 1150. The molecule has 3 rings (SSSR count). The normalized spacial score (nSPS) is 12.4. The zero-order valence-electron chi connectivity index (χ0n) is 18.0. The average molecular weight is 443 g/mol. The summed E-state index contributed by atoms with van der Waals surface area (Å²) in [5.74, 6) is 0.348. The molecule has 0 N–H and O–H groups in total. The number of aromatic nitrogens is 2. The van der Waals surface area contributed by atoms with Gasteiger partial charge in [-0.15, -0.1) is 0 Å². The first-order chi connectivity index (χ1) is 14.7. The van der Waals surface area contributed by atoms with E-state index in [2.05, 4.69) is 10.1 Å². The summed E-state index contributed by atoms with van der Waals surface area (Å²) in [7, 11) is -2.10. The number of hydrogen-bond acceptors (Lipinski definition) is 6. The summed E-state index contributed by atoms with van der Waals surface area (Å²) in [6, 6.07) is 15.6. The van der Waals surface area contributed by atoms with Crippen LogP contribution in [0.1, 0.15) is 24.8 Å². The highest BCUT2D eigenvalue weighted by Crippen LogP contribution is 2.25. The van der Waals surface area contributed by atoms with Crippen LogP contribution in [0.25, 0.3) is 11.4 Å². The van der Waals surface area contributed by atoms with Gasteiger partial charge in [-0.2, -0.15) is 4.98 Å². The van der Waals surface area contributed by atoms with Crippen LogP contribution in [0.5, 0.6) is 0 Å². The molecule has 1 aromatic heterocycles.